The number of aromatic amines is 1. The average Bonchev–Trinajstić information content (AvgIpc) is 3.26. The molecule has 4 heteroatoms. The minimum Gasteiger partial charge on any atom is -0.306 e. The predicted octanol–water partition coefficient (Wildman–Crippen LogP) is 3.64. The van der Waals surface area contributed by atoms with Crippen molar-refractivity contribution in [1.29, 1.82) is 0 Å². The van der Waals surface area contributed by atoms with Gasteiger partial charge in [-0.15, -0.1) is 0 Å². The van der Waals surface area contributed by atoms with Crippen LogP contribution in [0.2, 0.25) is 0 Å². The number of H-pyrrole nitrogens is 1. The van der Waals surface area contributed by atoms with Crippen LogP contribution in [0.15, 0.2) is 33.5 Å². The van der Waals surface area contributed by atoms with Crippen molar-refractivity contribution in [2.75, 3.05) is 0 Å². The van der Waals surface area contributed by atoms with Crippen molar-refractivity contribution in [3.05, 3.63) is 50.3 Å². The Labute approximate surface area is 120 Å². The molecule has 1 fully saturated rings. The molecule has 0 spiro atoms. The molecule has 1 aromatic carbocycles. The molecule has 0 atom stereocenters. The van der Waals surface area contributed by atoms with Gasteiger partial charge in [-0.3, -0.25) is 4.79 Å². The molecule has 0 bridgehead atoms. The molecule has 1 aromatic heterocycles. The van der Waals surface area contributed by atoms with Crippen LogP contribution in [0.5, 0.6) is 0 Å². The third-order valence-corrected chi connectivity index (χ3v) is 4.27. The molecule has 1 aliphatic carbocycles. The molecular weight excluding hydrogens is 304 g/mol. The van der Waals surface area contributed by atoms with Crippen LogP contribution in [0, 0.1) is 0 Å². The number of rotatable bonds is 3. The van der Waals surface area contributed by atoms with Gasteiger partial charge in [-0.05, 0) is 40.8 Å². The average molecular weight is 319 g/mol. The summed E-state index contributed by atoms with van der Waals surface area (Å²) in [6.45, 7) is 2.11. The number of halogens is 1. The molecule has 3 rings (SSSR count). The van der Waals surface area contributed by atoms with Gasteiger partial charge in [-0.25, -0.2) is 4.98 Å². The number of aryl methyl sites for hydroxylation is 1. The second-order valence-electron chi connectivity index (χ2n) is 4.90. The number of hydrogen-bond donors (Lipinski definition) is 1. The van der Waals surface area contributed by atoms with Crippen LogP contribution >= 0.6 is 15.9 Å². The van der Waals surface area contributed by atoms with E-state index in [-0.39, 0.29) is 5.56 Å². The van der Waals surface area contributed by atoms with Gasteiger partial charge in [0.15, 0.2) is 0 Å². The molecule has 0 saturated heterocycles. The zero-order chi connectivity index (χ0) is 13.4. The molecule has 1 aliphatic rings. The highest BCUT2D eigenvalue weighted by atomic mass is 79.9. The quantitative estimate of drug-likeness (QED) is 0.939. The molecule has 0 amide bonds. The molecule has 0 unspecified atom stereocenters. The Morgan fingerprint density at radius 1 is 1.37 bits per heavy atom. The Morgan fingerprint density at radius 3 is 2.79 bits per heavy atom. The minimum absolute atomic E-state index is 0.0854. The van der Waals surface area contributed by atoms with E-state index in [1.807, 2.05) is 18.2 Å². The Kier molecular flexibility index (Phi) is 3.27. The SMILES string of the molecule is CCc1ccccc1-c1nc(C2CC2)c(Br)c(=O)[nH]1. The molecule has 3 nitrogen and oxygen atoms in total. The minimum atomic E-state index is -0.0854. The summed E-state index contributed by atoms with van der Waals surface area (Å²) >= 11 is 3.36. The van der Waals surface area contributed by atoms with E-state index < -0.39 is 0 Å². The molecule has 2 aromatic rings. The van der Waals surface area contributed by atoms with Crippen LogP contribution in [0.25, 0.3) is 11.4 Å². The van der Waals surface area contributed by atoms with Crippen LogP contribution < -0.4 is 5.56 Å². The fourth-order valence-electron chi connectivity index (χ4n) is 2.29. The second-order valence-corrected chi connectivity index (χ2v) is 5.69. The van der Waals surface area contributed by atoms with E-state index in [1.54, 1.807) is 0 Å². The van der Waals surface area contributed by atoms with E-state index in [0.29, 0.717) is 16.2 Å². The van der Waals surface area contributed by atoms with Gasteiger partial charge in [0.25, 0.3) is 5.56 Å². The largest absolute Gasteiger partial charge is 0.306 e. The molecule has 19 heavy (non-hydrogen) atoms. The number of nitrogens with one attached hydrogen (secondary N) is 1. The van der Waals surface area contributed by atoms with E-state index >= 15 is 0 Å². The Hall–Kier alpha value is -1.42. The predicted molar refractivity (Wildman–Crippen MR) is 79.3 cm³/mol. The first kappa shape index (κ1) is 12.6. The maximum Gasteiger partial charge on any atom is 0.265 e. The Bertz CT molecular complexity index is 674. The first-order valence-electron chi connectivity index (χ1n) is 6.58. The third kappa shape index (κ3) is 2.37. The van der Waals surface area contributed by atoms with Gasteiger partial charge in [0.2, 0.25) is 0 Å². The third-order valence-electron chi connectivity index (χ3n) is 3.51. The fraction of sp³-hybridized carbons (Fsp3) is 0.333. The van der Waals surface area contributed by atoms with Crippen molar-refractivity contribution in [3.8, 4) is 11.4 Å². The first-order valence-corrected chi connectivity index (χ1v) is 7.38. The molecule has 0 radical (unpaired) electrons. The summed E-state index contributed by atoms with van der Waals surface area (Å²) in [6, 6.07) is 8.09. The fourth-order valence-corrected chi connectivity index (χ4v) is 2.80. The van der Waals surface area contributed by atoms with Gasteiger partial charge in [0.05, 0.1) is 5.69 Å². The lowest BCUT2D eigenvalue weighted by atomic mass is 10.0. The zero-order valence-corrected chi connectivity index (χ0v) is 12.3. The van der Waals surface area contributed by atoms with Crippen LogP contribution in [-0.2, 0) is 6.42 Å². The second kappa shape index (κ2) is 4.93. The highest BCUT2D eigenvalue weighted by Gasteiger charge is 2.29. The van der Waals surface area contributed by atoms with E-state index in [0.717, 1.165) is 30.5 Å². The van der Waals surface area contributed by atoms with Gasteiger partial charge in [0.1, 0.15) is 10.3 Å². The summed E-state index contributed by atoms with van der Waals surface area (Å²) in [4.78, 5) is 19.6. The van der Waals surface area contributed by atoms with Crippen molar-refractivity contribution in [3.63, 3.8) is 0 Å². The number of nitrogens with zero attached hydrogens (tertiary/aromatic N) is 1. The molecule has 0 aliphatic heterocycles. The molecule has 1 saturated carbocycles. The summed E-state index contributed by atoms with van der Waals surface area (Å²) in [5.41, 5.74) is 3.05. The summed E-state index contributed by atoms with van der Waals surface area (Å²) in [6.07, 6.45) is 3.18. The monoisotopic (exact) mass is 318 g/mol. The summed E-state index contributed by atoms with van der Waals surface area (Å²) in [7, 11) is 0. The van der Waals surface area contributed by atoms with Gasteiger partial charge >= 0.3 is 0 Å². The highest BCUT2D eigenvalue weighted by molar-refractivity contribution is 9.10. The van der Waals surface area contributed by atoms with E-state index in [1.165, 1.54) is 5.56 Å². The number of hydrogen-bond acceptors (Lipinski definition) is 2. The molecule has 1 heterocycles. The van der Waals surface area contributed by atoms with Gasteiger partial charge < -0.3 is 4.98 Å². The smallest absolute Gasteiger partial charge is 0.265 e. The van der Waals surface area contributed by atoms with E-state index in [2.05, 4.69) is 38.9 Å². The number of benzene rings is 1. The van der Waals surface area contributed by atoms with Crippen LogP contribution in [0.3, 0.4) is 0 Å². The summed E-state index contributed by atoms with van der Waals surface area (Å²) in [5.74, 6) is 1.14. The molecular formula is C15H15BrN2O. The Morgan fingerprint density at radius 2 is 2.11 bits per heavy atom. The lowest BCUT2D eigenvalue weighted by Crippen LogP contribution is -2.13. The van der Waals surface area contributed by atoms with Crippen molar-refractivity contribution in [2.45, 2.75) is 32.1 Å². The standard InChI is InChI=1S/C15H15BrN2O/c1-2-9-5-3-4-6-11(9)14-17-13(10-7-8-10)12(16)15(19)18-14/h3-6,10H,2,7-8H2,1H3,(H,17,18,19). The lowest BCUT2D eigenvalue weighted by molar-refractivity contribution is 0.956. The summed E-state index contributed by atoms with van der Waals surface area (Å²) in [5, 5.41) is 0. The van der Waals surface area contributed by atoms with Crippen molar-refractivity contribution in [1.82, 2.24) is 9.97 Å². The first-order chi connectivity index (χ1) is 9.20. The van der Waals surface area contributed by atoms with E-state index in [4.69, 9.17) is 0 Å². The number of aromatic nitrogens is 2. The van der Waals surface area contributed by atoms with Crippen molar-refractivity contribution >= 4 is 15.9 Å². The maximum absolute atomic E-state index is 12.0. The maximum atomic E-state index is 12.0. The van der Waals surface area contributed by atoms with E-state index in [9.17, 15) is 4.79 Å². The van der Waals surface area contributed by atoms with Crippen LogP contribution in [0.1, 0.15) is 36.9 Å². The van der Waals surface area contributed by atoms with Gasteiger partial charge in [-0.2, -0.15) is 0 Å². The normalized spacial score (nSPS) is 14.6. The highest BCUT2D eigenvalue weighted by Crippen LogP contribution is 2.41. The van der Waals surface area contributed by atoms with Gasteiger partial charge in [0, 0.05) is 11.5 Å². The van der Waals surface area contributed by atoms with Crippen molar-refractivity contribution < 1.29 is 0 Å². The summed E-state index contributed by atoms with van der Waals surface area (Å²) < 4.78 is 0.590. The molecule has 98 valence electrons. The van der Waals surface area contributed by atoms with Crippen LogP contribution in [-0.4, -0.2) is 9.97 Å². The zero-order valence-electron chi connectivity index (χ0n) is 10.7. The lowest BCUT2D eigenvalue weighted by Gasteiger charge is -2.09. The Balaban J connectivity index is 2.17. The van der Waals surface area contributed by atoms with Crippen LogP contribution in [0.4, 0.5) is 0 Å². The van der Waals surface area contributed by atoms with Crippen molar-refractivity contribution in [2.24, 2.45) is 0 Å². The molecule has 1 N–H and O–H groups in total. The topological polar surface area (TPSA) is 45.8 Å². The van der Waals surface area contributed by atoms with Gasteiger partial charge in [-0.1, -0.05) is 31.2 Å².